The van der Waals surface area contributed by atoms with Crippen LogP contribution in [0.1, 0.15) is 38.5 Å². The second-order valence-corrected chi connectivity index (χ2v) is 4.10. The van der Waals surface area contributed by atoms with Gasteiger partial charge in [-0.2, -0.15) is 0 Å². The summed E-state index contributed by atoms with van der Waals surface area (Å²) in [5.74, 6) is 0. The lowest BCUT2D eigenvalue weighted by Crippen LogP contribution is -2.85. The Balaban J connectivity index is 0.000000217. The SMILES string of the molecule is C1CC[NH2+]CC1.C1CC[NH2+]CC1.O=C([O-])[O-]. The standard InChI is InChI=1S/2C5H11N.CH2O3/c2*1-2-4-6-5-3-1;2-1(3)4/h2*6H,1-5H2;(H2,2,3,4). The van der Waals surface area contributed by atoms with Crippen LogP contribution in [0.25, 0.3) is 0 Å². The Morgan fingerprint density at radius 3 is 1.00 bits per heavy atom. The van der Waals surface area contributed by atoms with Crippen molar-refractivity contribution >= 4 is 6.16 Å². The van der Waals surface area contributed by atoms with Gasteiger partial charge in [0.05, 0.1) is 26.2 Å². The summed E-state index contributed by atoms with van der Waals surface area (Å²) < 4.78 is 0. The normalized spacial score (nSPS) is 19.5. The van der Waals surface area contributed by atoms with Crippen LogP contribution in [0.3, 0.4) is 0 Å². The van der Waals surface area contributed by atoms with Gasteiger partial charge in [-0.15, -0.1) is 0 Å². The molecule has 0 aromatic heterocycles. The number of nitrogens with two attached hydrogens (primary N) is 2. The van der Waals surface area contributed by atoms with E-state index in [1.165, 1.54) is 64.7 Å². The van der Waals surface area contributed by atoms with Gasteiger partial charge in [-0.1, -0.05) is 0 Å². The lowest BCUT2D eigenvalue weighted by Gasteiger charge is -2.05. The summed E-state index contributed by atoms with van der Waals surface area (Å²) in [4.78, 5) is 8.33. The first-order valence-corrected chi connectivity index (χ1v) is 6.25. The minimum atomic E-state index is -2.33. The highest BCUT2D eigenvalue weighted by Crippen LogP contribution is 1.91. The van der Waals surface area contributed by atoms with Gasteiger partial charge in [0.2, 0.25) is 0 Å². The van der Waals surface area contributed by atoms with Crippen LogP contribution >= 0.6 is 0 Å². The van der Waals surface area contributed by atoms with Crippen molar-refractivity contribution in [2.24, 2.45) is 0 Å². The molecule has 4 N–H and O–H groups in total. The second kappa shape index (κ2) is 12.3. The maximum Gasteiger partial charge on any atom is 0.0755 e. The molecule has 0 aliphatic carbocycles. The molecule has 2 aliphatic rings. The monoisotopic (exact) mass is 232 g/mol. The van der Waals surface area contributed by atoms with E-state index in [2.05, 4.69) is 10.6 Å². The van der Waals surface area contributed by atoms with Gasteiger partial charge in [0.15, 0.2) is 0 Å². The number of carbonyl (C=O) groups is 1. The number of quaternary nitrogens is 2. The largest absolute Gasteiger partial charge is 0.652 e. The Kier molecular flexibility index (Phi) is 11.6. The van der Waals surface area contributed by atoms with E-state index in [1.54, 1.807) is 0 Å². The number of hydrogen-bond donors (Lipinski definition) is 2. The minimum absolute atomic E-state index is 1.38. The molecule has 0 spiro atoms. The van der Waals surface area contributed by atoms with Crippen LogP contribution in [0.5, 0.6) is 0 Å². The van der Waals surface area contributed by atoms with Crippen molar-refractivity contribution in [3.05, 3.63) is 0 Å². The Bertz CT molecular complexity index is 118. The van der Waals surface area contributed by atoms with Gasteiger partial charge < -0.3 is 25.6 Å². The molecule has 5 heteroatoms. The number of rotatable bonds is 0. The molecule has 5 nitrogen and oxygen atoms in total. The zero-order valence-electron chi connectivity index (χ0n) is 9.95. The predicted molar refractivity (Wildman–Crippen MR) is 56.4 cm³/mol. The topological polar surface area (TPSA) is 96.4 Å². The fraction of sp³-hybridized carbons (Fsp3) is 0.909. The molecule has 16 heavy (non-hydrogen) atoms. The van der Waals surface area contributed by atoms with Crippen LogP contribution in [-0.4, -0.2) is 32.3 Å². The molecule has 0 atom stereocenters. The Hall–Kier alpha value is -0.810. The molecule has 0 aromatic carbocycles. The Labute approximate surface area is 97.2 Å². The minimum Gasteiger partial charge on any atom is -0.652 e. The molecule has 2 saturated heterocycles. The van der Waals surface area contributed by atoms with Crippen molar-refractivity contribution in [1.82, 2.24) is 0 Å². The van der Waals surface area contributed by atoms with E-state index >= 15 is 0 Å². The fourth-order valence-electron chi connectivity index (χ4n) is 1.80. The van der Waals surface area contributed by atoms with Crippen LogP contribution in [0, 0.1) is 0 Å². The number of piperidine rings is 2. The molecule has 0 amide bonds. The van der Waals surface area contributed by atoms with E-state index in [1.807, 2.05) is 0 Å². The van der Waals surface area contributed by atoms with Crippen molar-refractivity contribution in [2.45, 2.75) is 38.5 Å². The lowest BCUT2D eigenvalue weighted by molar-refractivity contribution is -0.662. The van der Waals surface area contributed by atoms with E-state index in [-0.39, 0.29) is 0 Å². The smallest absolute Gasteiger partial charge is 0.0755 e. The molecular formula is C11H24N2O3. The van der Waals surface area contributed by atoms with Gasteiger partial charge >= 0.3 is 0 Å². The van der Waals surface area contributed by atoms with Gasteiger partial charge in [-0.25, -0.2) is 0 Å². The Morgan fingerprint density at radius 1 is 0.688 bits per heavy atom. The van der Waals surface area contributed by atoms with Gasteiger partial charge in [0.1, 0.15) is 0 Å². The summed E-state index contributed by atoms with van der Waals surface area (Å²) in [6.45, 7) is 5.50. The maximum absolute atomic E-state index is 8.33. The number of carboxylic acid groups (broad SMARTS) is 2. The second-order valence-electron chi connectivity index (χ2n) is 4.10. The average Bonchev–Trinajstić information content (AvgIpc) is 2.34. The van der Waals surface area contributed by atoms with Crippen molar-refractivity contribution in [2.75, 3.05) is 26.2 Å². The van der Waals surface area contributed by atoms with Crippen molar-refractivity contribution in [3.63, 3.8) is 0 Å². The van der Waals surface area contributed by atoms with Gasteiger partial charge in [0, 0.05) is 0 Å². The van der Waals surface area contributed by atoms with E-state index in [9.17, 15) is 0 Å². The molecule has 96 valence electrons. The van der Waals surface area contributed by atoms with E-state index in [4.69, 9.17) is 15.0 Å². The third-order valence-electron chi connectivity index (χ3n) is 2.63. The number of hydrogen-bond acceptors (Lipinski definition) is 3. The molecule has 2 heterocycles. The summed E-state index contributed by atoms with van der Waals surface area (Å²) in [7, 11) is 0. The summed E-state index contributed by atoms with van der Waals surface area (Å²) in [6, 6.07) is 0. The zero-order valence-corrected chi connectivity index (χ0v) is 9.95. The summed E-state index contributed by atoms with van der Waals surface area (Å²) in [6.07, 6.45) is 6.38. The molecule has 2 fully saturated rings. The average molecular weight is 232 g/mol. The summed E-state index contributed by atoms with van der Waals surface area (Å²) >= 11 is 0. The molecule has 0 unspecified atom stereocenters. The van der Waals surface area contributed by atoms with E-state index in [0.29, 0.717) is 0 Å². The lowest BCUT2D eigenvalue weighted by atomic mass is 10.2. The highest BCUT2D eigenvalue weighted by Gasteiger charge is 1.98. The van der Waals surface area contributed by atoms with Crippen LogP contribution < -0.4 is 20.8 Å². The first-order chi connectivity index (χ1) is 7.73. The molecule has 0 bridgehead atoms. The fourth-order valence-corrected chi connectivity index (χ4v) is 1.80. The molecule has 0 aromatic rings. The molecular weight excluding hydrogens is 208 g/mol. The third-order valence-corrected chi connectivity index (χ3v) is 2.63. The predicted octanol–water partition coefficient (Wildman–Crippen LogP) is -2.98. The van der Waals surface area contributed by atoms with Gasteiger partial charge in [0.25, 0.3) is 0 Å². The summed E-state index contributed by atoms with van der Waals surface area (Å²) in [5, 5.41) is 21.5. The van der Waals surface area contributed by atoms with Gasteiger partial charge in [-0.3, -0.25) is 0 Å². The molecule has 2 rings (SSSR count). The van der Waals surface area contributed by atoms with Crippen LogP contribution in [0.15, 0.2) is 0 Å². The maximum atomic E-state index is 8.33. The van der Waals surface area contributed by atoms with E-state index in [0.717, 1.165) is 0 Å². The van der Waals surface area contributed by atoms with Crippen LogP contribution in [0.4, 0.5) is 4.79 Å². The Morgan fingerprint density at radius 2 is 0.938 bits per heavy atom. The highest BCUT2D eigenvalue weighted by atomic mass is 16.6. The zero-order chi connectivity index (χ0) is 12.1. The quantitative estimate of drug-likeness (QED) is 0.466. The molecule has 0 saturated carbocycles. The van der Waals surface area contributed by atoms with Gasteiger partial charge in [-0.05, 0) is 44.7 Å². The molecule has 2 aliphatic heterocycles. The summed E-state index contributed by atoms with van der Waals surface area (Å²) in [5.41, 5.74) is 0. The van der Waals surface area contributed by atoms with Crippen molar-refractivity contribution in [1.29, 1.82) is 0 Å². The first-order valence-electron chi connectivity index (χ1n) is 6.25. The molecule has 0 radical (unpaired) electrons. The first kappa shape index (κ1) is 15.2. The van der Waals surface area contributed by atoms with Crippen molar-refractivity contribution < 1.29 is 25.6 Å². The van der Waals surface area contributed by atoms with E-state index < -0.39 is 6.16 Å². The van der Waals surface area contributed by atoms with Crippen LogP contribution in [-0.2, 0) is 0 Å². The number of carbonyl (C=O) groups excluding carboxylic acids is 1. The van der Waals surface area contributed by atoms with Crippen LogP contribution in [0.2, 0.25) is 0 Å². The third kappa shape index (κ3) is 15.7. The van der Waals surface area contributed by atoms with Crippen molar-refractivity contribution in [3.8, 4) is 0 Å². The highest BCUT2D eigenvalue weighted by molar-refractivity contribution is 5.47.